The lowest BCUT2D eigenvalue weighted by Crippen LogP contribution is -1.99. The minimum atomic E-state index is 0.465. The molecule has 0 aliphatic carbocycles. The first-order valence-electron chi connectivity index (χ1n) is 5.44. The molecule has 0 saturated carbocycles. The molecule has 0 atom stereocenters. The van der Waals surface area contributed by atoms with Gasteiger partial charge < -0.3 is 9.47 Å². The SMILES string of the molecule is COc1ccc(COc2cc(Br)nc(C)n2)cc1. The summed E-state index contributed by atoms with van der Waals surface area (Å²) in [5, 5.41) is 0. The number of halogens is 1. The second kappa shape index (κ2) is 5.82. The molecule has 94 valence electrons. The molecule has 0 amide bonds. The molecular weight excluding hydrogens is 296 g/mol. The van der Waals surface area contributed by atoms with E-state index in [0.717, 1.165) is 15.9 Å². The van der Waals surface area contributed by atoms with E-state index in [4.69, 9.17) is 9.47 Å². The molecule has 1 heterocycles. The summed E-state index contributed by atoms with van der Waals surface area (Å²) < 4.78 is 11.4. The Hall–Kier alpha value is -1.62. The number of hydrogen-bond acceptors (Lipinski definition) is 4. The lowest BCUT2D eigenvalue weighted by atomic mass is 10.2. The van der Waals surface area contributed by atoms with Crippen LogP contribution in [0, 0.1) is 6.92 Å². The van der Waals surface area contributed by atoms with Gasteiger partial charge in [-0.15, -0.1) is 0 Å². The minimum Gasteiger partial charge on any atom is -0.497 e. The van der Waals surface area contributed by atoms with Gasteiger partial charge in [-0.25, -0.2) is 4.98 Å². The van der Waals surface area contributed by atoms with Gasteiger partial charge >= 0.3 is 0 Å². The number of hydrogen-bond donors (Lipinski definition) is 0. The van der Waals surface area contributed by atoms with Crippen LogP contribution in [0.4, 0.5) is 0 Å². The van der Waals surface area contributed by atoms with Crippen LogP contribution in [0.1, 0.15) is 11.4 Å². The van der Waals surface area contributed by atoms with Crippen LogP contribution in [0.25, 0.3) is 0 Å². The number of nitrogens with zero attached hydrogens (tertiary/aromatic N) is 2. The second-order valence-corrected chi connectivity index (χ2v) is 4.53. The van der Waals surface area contributed by atoms with Crippen LogP contribution in [0.2, 0.25) is 0 Å². The van der Waals surface area contributed by atoms with Crippen LogP contribution in [0.15, 0.2) is 34.9 Å². The predicted octanol–water partition coefficient (Wildman–Crippen LogP) is 3.14. The van der Waals surface area contributed by atoms with Crippen LogP contribution in [0.3, 0.4) is 0 Å². The number of aryl methyl sites for hydroxylation is 1. The van der Waals surface area contributed by atoms with E-state index in [1.807, 2.05) is 31.2 Å². The van der Waals surface area contributed by atoms with E-state index in [1.54, 1.807) is 13.2 Å². The number of aromatic nitrogens is 2. The summed E-state index contributed by atoms with van der Waals surface area (Å²) in [6, 6.07) is 9.47. The third-order valence-corrected chi connectivity index (χ3v) is 2.74. The summed E-state index contributed by atoms with van der Waals surface area (Å²) in [4.78, 5) is 8.32. The average Bonchev–Trinajstić information content (AvgIpc) is 2.36. The van der Waals surface area contributed by atoms with E-state index in [2.05, 4.69) is 25.9 Å². The first-order valence-corrected chi connectivity index (χ1v) is 6.23. The standard InChI is InChI=1S/C13H13BrN2O2/c1-9-15-12(14)7-13(16-9)18-8-10-3-5-11(17-2)6-4-10/h3-7H,8H2,1-2H3. The Labute approximate surface area is 114 Å². The van der Waals surface area contributed by atoms with Crippen molar-refractivity contribution in [1.29, 1.82) is 0 Å². The zero-order chi connectivity index (χ0) is 13.0. The highest BCUT2D eigenvalue weighted by Gasteiger charge is 2.01. The molecule has 18 heavy (non-hydrogen) atoms. The third-order valence-electron chi connectivity index (χ3n) is 2.33. The van der Waals surface area contributed by atoms with Crippen LogP contribution >= 0.6 is 15.9 Å². The molecule has 0 aliphatic heterocycles. The fraction of sp³-hybridized carbons (Fsp3) is 0.231. The normalized spacial score (nSPS) is 10.2. The van der Waals surface area contributed by atoms with E-state index in [1.165, 1.54) is 0 Å². The number of benzene rings is 1. The Morgan fingerprint density at radius 1 is 1.17 bits per heavy atom. The van der Waals surface area contributed by atoms with Gasteiger partial charge in [0, 0.05) is 6.07 Å². The lowest BCUT2D eigenvalue weighted by molar-refractivity contribution is 0.292. The molecule has 2 aromatic rings. The van der Waals surface area contributed by atoms with Crippen molar-refractivity contribution in [1.82, 2.24) is 9.97 Å². The van der Waals surface area contributed by atoms with E-state index < -0.39 is 0 Å². The molecule has 0 unspecified atom stereocenters. The summed E-state index contributed by atoms with van der Waals surface area (Å²) in [5.74, 6) is 2.07. The molecule has 1 aromatic heterocycles. The molecule has 0 N–H and O–H groups in total. The van der Waals surface area contributed by atoms with Gasteiger partial charge in [-0.05, 0) is 40.5 Å². The molecule has 1 aromatic carbocycles. The Morgan fingerprint density at radius 3 is 2.50 bits per heavy atom. The van der Waals surface area contributed by atoms with Gasteiger partial charge in [0.2, 0.25) is 5.88 Å². The van der Waals surface area contributed by atoms with Crippen molar-refractivity contribution in [2.45, 2.75) is 13.5 Å². The van der Waals surface area contributed by atoms with Crippen LogP contribution in [-0.2, 0) is 6.61 Å². The van der Waals surface area contributed by atoms with Crippen molar-refractivity contribution in [2.75, 3.05) is 7.11 Å². The summed E-state index contributed by atoms with van der Waals surface area (Å²) in [7, 11) is 1.65. The molecule has 4 nitrogen and oxygen atoms in total. The monoisotopic (exact) mass is 308 g/mol. The van der Waals surface area contributed by atoms with Gasteiger partial charge in [0.25, 0.3) is 0 Å². The Bertz CT molecular complexity index is 509. The van der Waals surface area contributed by atoms with Gasteiger partial charge in [0.05, 0.1) is 7.11 Å². The van der Waals surface area contributed by atoms with Crippen molar-refractivity contribution in [2.24, 2.45) is 0 Å². The van der Waals surface area contributed by atoms with Crippen LogP contribution in [-0.4, -0.2) is 17.1 Å². The molecular formula is C13H13BrN2O2. The summed E-state index contributed by atoms with van der Waals surface area (Å²) in [6.07, 6.45) is 0. The maximum Gasteiger partial charge on any atom is 0.218 e. The van der Waals surface area contributed by atoms with Gasteiger partial charge in [0.1, 0.15) is 22.8 Å². The Balaban J connectivity index is 2.01. The highest BCUT2D eigenvalue weighted by Crippen LogP contribution is 2.16. The van der Waals surface area contributed by atoms with Crippen LogP contribution in [0.5, 0.6) is 11.6 Å². The first kappa shape index (κ1) is 12.8. The fourth-order valence-electron chi connectivity index (χ4n) is 1.46. The number of ether oxygens (including phenoxy) is 2. The molecule has 0 bridgehead atoms. The van der Waals surface area contributed by atoms with Crippen molar-refractivity contribution in [3.63, 3.8) is 0 Å². The average molecular weight is 309 g/mol. The Morgan fingerprint density at radius 2 is 1.89 bits per heavy atom. The zero-order valence-corrected chi connectivity index (χ0v) is 11.8. The van der Waals surface area contributed by atoms with Gasteiger partial charge in [-0.1, -0.05) is 12.1 Å². The van der Waals surface area contributed by atoms with E-state index >= 15 is 0 Å². The molecule has 0 aliphatic rings. The molecule has 2 rings (SSSR count). The van der Waals surface area contributed by atoms with Crippen LogP contribution < -0.4 is 9.47 Å². The van der Waals surface area contributed by atoms with Gasteiger partial charge in [-0.2, -0.15) is 4.98 Å². The molecule has 0 radical (unpaired) electrons. The third kappa shape index (κ3) is 3.43. The fourth-order valence-corrected chi connectivity index (χ4v) is 1.91. The zero-order valence-electron chi connectivity index (χ0n) is 10.2. The summed E-state index contributed by atoms with van der Waals surface area (Å²) in [6.45, 7) is 2.29. The Kier molecular flexibility index (Phi) is 4.15. The van der Waals surface area contributed by atoms with Crippen molar-refractivity contribution < 1.29 is 9.47 Å². The second-order valence-electron chi connectivity index (χ2n) is 3.71. The summed E-state index contributed by atoms with van der Waals surface area (Å²) >= 11 is 3.31. The smallest absolute Gasteiger partial charge is 0.218 e. The van der Waals surface area contributed by atoms with Crippen molar-refractivity contribution >= 4 is 15.9 Å². The van der Waals surface area contributed by atoms with E-state index in [0.29, 0.717) is 18.3 Å². The quantitative estimate of drug-likeness (QED) is 0.814. The first-order chi connectivity index (χ1) is 8.67. The molecule has 0 fully saturated rings. The predicted molar refractivity (Wildman–Crippen MR) is 71.8 cm³/mol. The largest absolute Gasteiger partial charge is 0.497 e. The van der Waals surface area contributed by atoms with Crippen molar-refractivity contribution in [3.8, 4) is 11.6 Å². The maximum absolute atomic E-state index is 5.61. The highest BCUT2D eigenvalue weighted by atomic mass is 79.9. The molecule has 0 saturated heterocycles. The summed E-state index contributed by atoms with van der Waals surface area (Å²) in [5.41, 5.74) is 1.06. The minimum absolute atomic E-state index is 0.465. The molecule has 0 spiro atoms. The highest BCUT2D eigenvalue weighted by molar-refractivity contribution is 9.10. The van der Waals surface area contributed by atoms with E-state index in [9.17, 15) is 0 Å². The topological polar surface area (TPSA) is 44.2 Å². The lowest BCUT2D eigenvalue weighted by Gasteiger charge is -2.07. The van der Waals surface area contributed by atoms with Gasteiger partial charge in [0.15, 0.2) is 0 Å². The maximum atomic E-state index is 5.61. The number of rotatable bonds is 4. The number of methoxy groups -OCH3 is 1. The van der Waals surface area contributed by atoms with Gasteiger partial charge in [-0.3, -0.25) is 0 Å². The molecule has 5 heteroatoms. The van der Waals surface area contributed by atoms with Crippen molar-refractivity contribution in [3.05, 3.63) is 46.3 Å². The van der Waals surface area contributed by atoms with E-state index in [-0.39, 0.29) is 0 Å².